The van der Waals surface area contributed by atoms with Crippen molar-refractivity contribution < 1.29 is 23.8 Å². The van der Waals surface area contributed by atoms with E-state index in [9.17, 15) is 9.59 Å². The Morgan fingerprint density at radius 3 is 2.61 bits per heavy atom. The molecule has 1 unspecified atom stereocenters. The van der Waals surface area contributed by atoms with E-state index in [2.05, 4.69) is 11.6 Å². The predicted molar refractivity (Wildman–Crippen MR) is 104 cm³/mol. The molecule has 9 nitrogen and oxygen atoms in total. The first-order valence-electron chi connectivity index (χ1n) is 9.38. The van der Waals surface area contributed by atoms with Gasteiger partial charge in [-0.15, -0.1) is 0 Å². The van der Waals surface area contributed by atoms with Crippen molar-refractivity contribution in [3.63, 3.8) is 0 Å². The van der Waals surface area contributed by atoms with Crippen molar-refractivity contribution in [2.45, 2.75) is 58.6 Å². The number of nitrogens with two attached hydrogens (primary N) is 2. The summed E-state index contributed by atoms with van der Waals surface area (Å²) in [7, 11) is 0. The maximum Gasteiger partial charge on any atom is 0.323 e. The molecule has 2 aliphatic rings. The van der Waals surface area contributed by atoms with Gasteiger partial charge in [0.2, 0.25) is 0 Å². The van der Waals surface area contributed by atoms with Crippen LogP contribution in [0.4, 0.5) is 0 Å². The Hall–Kier alpha value is -2.39. The zero-order valence-electron chi connectivity index (χ0n) is 16.8. The van der Waals surface area contributed by atoms with Crippen molar-refractivity contribution in [3.05, 3.63) is 24.7 Å². The molecule has 0 aliphatic carbocycles. The summed E-state index contributed by atoms with van der Waals surface area (Å²) < 4.78 is 16.9. The zero-order valence-corrected chi connectivity index (χ0v) is 16.8. The predicted octanol–water partition coefficient (Wildman–Crippen LogP) is 0.853. The Labute approximate surface area is 165 Å². The fraction of sp³-hybridized carbons (Fsp3) is 0.632. The van der Waals surface area contributed by atoms with Gasteiger partial charge in [0.15, 0.2) is 0 Å². The highest BCUT2D eigenvalue weighted by Crippen LogP contribution is 2.30. The quantitative estimate of drug-likeness (QED) is 0.608. The topological polar surface area (TPSA) is 129 Å². The first-order valence-corrected chi connectivity index (χ1v) is 9.38. The van der Waals surface area contributed by atoms with Crippen LogP contribution in [0, 0.1) is 11.8 Å². The maximum atomic E-state index is 12.3. The fourth-order valence-corrected chi connectivity index (χ4v) is 2.73. The Morgan fingerprint density at radius 1 is 1.36 bits per heavy atom. The second kappa shape index (κ2) is 9.20. The number of esters is 2. The third kappa shape index (κ3) is 5.32. The van der Waals surface area contributed by atoms with Crippen LogP contribution in [-0.2, 0) is 23.8 Å². The third-order valence-corrected chi connectivity index (χ3v) is 4.57. The summed E-state index contributed by atoms with van der Waals surface area (Å²) in [5.41, 5.74) is 11.6. The van der Waals surface area contributed by atoms with E-state index in [1.165, 1.54) is 0 Å². The SMILES string of the molecule is C=C1N=C(N)C=CN1[C@H]1C[C@@H](OC(=O)C(N)C(C)C)[C@@H](COC(=O)C(C)C)O1. The number of ether oxygens (including phenoxy) is 3. The van der Waals surface area contributed by atoms with Crippen LogP contribution in [0.5, 0.6) is 0 Å². The van der Waals surface area contributed by atoms with Crippen molar-refractivity contribution in [1.29, 1.82) is 0 Å². The van der Waals surface area contributed by atoms with Crippen LogP contribution in [-0.4, -0.2) is 53.8 Å². The van der Waals surface area contributed by atoms with Crippen LogP contribution in [0.25, 0.3) is 0 Å². The summed E-state index contributed by atoms with van der Waals surface area (Å²) >= 11 is 0. The van der Waals surface area contributed by atoms with E-state index in [1.807, 2.05) is 13.8 Å². The van der Waals surface area contributed by atoms with Crippen LogP contribution in [0.3, 0.4) is 0 Å². The molecule has 2 aliphatic heterocycles. The molecule has 0 spiro atoms. The van der Waals surface area contributed by atoms with E-state index in [4.69, 9.17) is 25.7 Å². The molecule has 2 rings (SSSR count). The molecule has 4 N–H and O–H groups in total. The number of hydrogen-bond donors (Lipinski definition) is 2. The first-order chi connectivity index (χ1) is 13.1. The monoisotopic (exact) mass is 394 g/mol. The van der Waals surface area contributed by atoms with Gasteiger partial charge in [-0.05, 0) is 12.0 Å². The van der Waals surface area contributed by atoms with Crippen LogP contribution >= 0.6 is 0 Å². The lowest BCUT2D eigenvalue weighted by molar-refractivity contribution is -0.161. The van der Waals surface area contributed by atoms with Crippen molar-refractivity contribution in [2.75, 3.05) is 6.61 Å². The second-order valence-corrected chi connectivity index (χ2v) is 7.57. The van der Waals surface area contributed by atoms with Crippen LogP contribution < -0.4 is 11.5 Å². The largest absolute Gasteiger partial charge is 0.463 e. The molecule has 1 saturated heterocycles. The van der Waals surface area contributed by atoms with E-state index < -0.39 is 30.4 Å². The lowest BCUT2D eigenvalue weighted by Gasteiger charge is -2.28. The molecule has 0 amide bonds. The van der Waals surface area contributed by atoms with Gasteiger partial charge in [-0.3, -0.25) is 9.59 Å². The van der Waals surface area contributed by atoms with E-state index in [0.29, 0.717) is 18.1 Å². The molecule has 1 fully saturated rings. The van der Waals surface area contributed by atoms with E-state index in [0.717, 1.165) is 0 Å². The highest BCUT2D eigenvalue weighted by molar-refractivity contribution is 5.92. The molecule has 0 aromatic heterocycles. The van der Waals surface area contributed by atoms with Crippen LogP contribution in [0.15, 0.2) is 29.7 Å². The summed E-state index contributed by atoms with van der Waals surface area (Å²) in [6.45, 7) is 11.0. The molecular formula is C19H30N4O5. The van der Waals surface area contributed by atoms with Crippen molar-refractivity contribution in [1.82, 2.24) is 4.90 Å². The van der Waals surface area contributed by atoms with Gasteiger partial charge in [0.25, 0.3) is 0 Å². The Morgan fingerprint density at radius 2 is 2.04 bits per heavy atom. The number of rotatable bonds is 7. The van der Waals surface area contributed by atoms with E-state index in [1.54, 1.807) is 31.0 Å². The number of carbonyl (C=O) groups excluding carboxylic acids is 2. The zero-order chi connectivity index (χ0) is 21.0. The van der Waals surface area contributed by atoms with E-state index >= 15 is 0 Å². The summed E-state index contributed by atoms with van der Waals surface area (Å²) in [6, 6.07) is -0.743. The minimum absolute atomic E-state index is 0.0299. The Balaban J connectivity index is 2.09. The maximum absolute atomic E-state index is 12.3. The molecule has 28 heavy (non-hydrogen) atoms. The van der Waals surface area contributed by atoms with Gasteiger partial charge in [-0.1, -0.05) is 34.3 Å². The average molecular weight is 394 g/mol. The minimum Gasteiger partial charge on any atom is -0.463 e. The summed E-state index contributed by atoms with van der Waals surface area (Å²) in [5, 5.41) is 0. The summed E-state index contributed by atoms with van der Waals surface area (Å²) in [6.07, 6.45) is 1.94. The molecule has 0 aromatic rings. The van der Waals surface area contributed by atoms with Crippen LogP contribution in [0.1, 0.15) is 34.1 Å². The number of hydrogen-bond acceptors (Lipinski definition) is 9. The van der Waals surface area contributed by atoms with Gasteiger partial charge in [-0.25, -0.2) is 4.99 Å². The van der Waals surface area contributed by atoms with Gasteiger partial charge < -0.3 is 30.6 Å². The first kappa shape index (κ1) is 21.9. The van der Waals surface area contributed by atoms with Crippen molar-refractivity contribution >= 4 is 17.8 Å². The second-order valence-electron chi connectivity index (χ2n) is 7.57. The summed E-state index contributed by atoms with van der Waals surface area (Å²) in [4.78, 5) is 30.0. The standard InChI is InChI=1S/C19H30N4O5/c1-10(2)17(21)19(25)28-13-8-16(23-7-6-15(20)22-12(23)5)27-14(13)9-26-18(24)11(3)4/h6-7,10-11,13-14,16-17H,5,8-9,21H2,1-4H3,(H2,20,22)/t13-,14-,16-,17?/m1/s1. The van der Waals surface area contributed by atoms with Gasteiger partial charge in [0, 0.05) is 12.6 Å². The Bertz CT molecular complexity index is 673. The summed E-state index contributed by atoms with van der Waals surface area (Å²) in [5.74, 6) is -0.448. The highest BCUT2D eigenvalue weighted by atomic mass is 16.6. The van der Waals surface area contributed by atoms with Crippen molar-refractivity contribution in [3.8, 4) is 0 Å². The molecule has 2 heterocycles. The van der Waals surface area contributed by atoms with Crippen LogP contribution in [0.2, 0.25) is 0 Å². The minimum atomic E-state index is -0.743. The van der Waals surface area contributed by atoms with Gasteiger partial charge in [-0.2, -0.15) is 0 Å². The smallest absolute Gasteiger partial charge is 0.323 e. The molecule has 4 atom stereocenters. The normalized spacial score (nSPS) is 25.8. The number of carbonyl (C=O) groups is 2. The average Bonchev–Trinajstić information content (AvgIpc) is 3.00. The lowest BCUT2D eigenvalue weighted by atomic mass is 10.1. The van der Waals surface area contributed by atoms with Gasteiger partial charge >= 0.3 is 11.9 Å². The van der Waals surface area contributed by atoms with E-state index in [-0.39, 0.29) is 24.4 Å². The number of aliphatic imine (C=N–C) groups is 1. The molecule has 0 aromatic carbocycles. The molecule has 9 heteroatoms. The number of nitrogens with zero attached hydrogens (tertiary/aromatic N) is 2. The van der Waals surface area contributed by atoms with Gasteiger partial charge in [0.1, 0.15) is 42.7 Å². The molecule has 156 valence electrons. The Kier molecular flexibility index (Phi) is 7.20. The molecule has 0 radical (unpaired) electrons. The third-order valence-electron chi connectivity index (χ3n) is 4.57. The van der Waals surface area contributed by atoms with Gasteiger partial charge in [0.05, 0.1) is 5.92 Å². The molecular weight excluding hydrogens is 364 g/mol. The molecule has 0 saturated carbocycles. The number of amidine groups is 1. The highest BCUT2D eigenvalue weighted by Gasteiger charge is 2.42. The fourth-order valence-electron chi connectivity index (χ4n) is 2.73. The lowest BCUT2D eigenvalue weighted by Crippen LogP contribution is -2.41. The van der Waals surface area contributed by atoms with Crippen molar-refractivity contribution in [2.24, 2.45) is 28.3 Å². The molecule has 0 bridgehead atoms.